The van der Waals surface area contributed by atoms with Crippen LogP contribution in [0.5, 0.6) is 0 Å². The van der Waals surface area contributed by atoms with Gasteiger partial charge in [0.1, 0.15) is 12.4 Å². The molecule has 0 saturated carbocycles. The van der Waals surface area contributed by atoms with Crippen molar-refractivity contribution in [3.8, 4) is 0 Å². The van der Waals surface area contributed by atoms with Crippen LogP contribution in [0, 0.1) is 0 Å². The molecule has 2 aliphatic heterocycles. The predicted octanol–water partition coefficient (Wildman–Crippen LogP) is 1.65. The second kappa shape index (κ2) is 7.78. The molecule has 27 heavy (non-hydrogen) atoms. The van der Waals surface area contributed by atoms with Gasteiger partial charge in [0.15, 0.2) is 0 Å². The zero-order valence-electron chi connectivity index (χ0n) is 16.0. The Morgan fingerprint density at radius 3 is 2.89 bits per heavy atom. The van der Waals surface area contributed by atoms with E-state index in [1.807, 2.05) is 23.2 Å². The molecule has 2 aromatic rings. The van der Waals surface area contributed by atoms with Crippen molar-refractivity contribution in [3.05, 3.63) is 48.3 Å². The van der Waals surface area contributed by atoms with Gasteiger partial charge in [-0.3, -0.25) is 20.6 Å². The summed E-state index contributed by atoms with van der Waals surface area (Å²) in [4.78, 5) is 23.7. The van der Waals surface area contributed by atoms with Crippen LogP contribution in [-0.4, -0.2) is 50.5 Å². The van der Waals surface area contributed by atoms with E-state index in [-0.39, 0.29) is 18.0 Å². The molecule has 7 nitrogen and oxygen atoms in total. The maximum absolute atomic E-state index is 13.1. The SMILES string of the molecule is CC(C)c1nccn1CC(=O)N1CCCC1C1NNCC1c1ccncc1. The Kier molecular flexibility index (Phi) is 5.22. The number of imidazole rings is 1. The van der Waals surface area contributed by atoms with Gasteiger partial charge in [0, 0.05) is 61.8 Å². The molecule has 1 amide bonds. The van der Waals surface area contributed by atoms with E-state index in [0.29, 0.717) is 18.4 Å². The summed E-state index contributed by atoms with van der Waals surface area (Å²) in [5, 5.41) is 0. The second-order valence-corrected chi connectivity index (χ2v) is 7.80. The van der Waals surface area contributed by atoms with Gasteiger partial charge in [-0.15, -0.1) is 0 Å². The fourth-order valence-corrected chi connectivity index (χ4v) is 4.48. The summed E-state index contributed by atoms with van der Waals surface area (Å²) >= 11 is 0. The fraction of sp³-hybridized carbons (Fsp3) is 0.550. The number of hydrazine groups is 1. The number of pyridine rings is 1. The summed E-state index contributed by atoms with van der Waals surface area (Å²) in [5.41, 5.74) is 8.01. The van der Waals surface area contributed by atoms with Crippen molar-refractivity contribution in [2.24, 2.45) is 0 Å². The minimum atomic E-state index is 0.180. The molecular weight excluding hydrogens is 340 g/mol. The van der Waals surface area contributed by atoms with Crippen LogP contribution in [0.4, 0.5) is 0 Å². The van der Waals surface area contributed by atoms with Crippen LogP contribution in [0.2, 0.25) is 0 Å². The van der Waals surface area contributed by atoms with E-state index in [4.69, 9.17) is 0 Å². The molecule has 0 spiro atoms. The van der Waals surface area contributed by atoms with Crippen LogP contribution in [0.3, 0.4) is 0 Å². The van der Waals surface area contributed by atoms with Gasteiger partial charge in [-0.2, -0.15) is 0 Å². The molecule has 144 valence electrons. The first-order valence-electron chi connectivity index (χ1n) is 9.84. The third kappa shape index (κ3) is 3.61. The normalized spacial score (nSPS) is 25.4. The van der Waals surface area contributed by atoms with Crippen LogP contribution in [0.25, 0.3) is 0 Å². The quantitative estimate of drug-likeness (QED) is 0.839. The summed E-state index contributed by atoms with van der Waals surface area (Å²) in [6.07, 6.45) is 9.47. The van der Waals surface area contributed by atoms with Crippen LogP contribution >= 0.6 is 0 Å². The number of nitrogens with zero attached hydrogens (tertiary/aromatic N) is 4. The second-order valence-electron chi connectivity index (χ2n) is 7.80. The molecule has 2 fully saturated rings. The number of carbonyl (C=O) groups excluding carboxylic acids is 1. The highest BCUT2D eigenvalue weighted by atomic mass is 16.2. The number of amides is 1. The van der Waals surface area contributed by atoms with Gasteiger partial charge in [0.2, 0.25) is 5.91 Å². The lowest BCUT2D eigenvalue weighted by Crippen LogP contribution is -2.50. The minimum Gasteiger partial charge on any atom is -0.337 e. The van der Waals surface area contributed by atoms with Crippen LogP contribution in [0.1, 0.15) is 49.9 Å². The number of nitrogens with one attached hydrogen (secondary N) is 2. The highest BCUT2D eigenvalue weighted by molar-refractivity contribution is 5.77. The minimum absolute atomic E-state index is 0.180. The molecule has 2 aliphatic rings. The number of hydrogen-bond donors (Lipinski definition) is 2. The zero-order valence-corrected chi connectivity index (χ0v) is 16.0. The van der Waals surface area contributed by atoms with Crippen molar-refractivity contribution in [2.45, 2.75) is 57.2 Å². The molecule has 0 aromatic carbocycles. The Labute approximate surface area is 160 Å². The highest BCUT2D eigenvalue weighted by Gasteiger charge is 2.41. The van der Waals surface area contributed by atoms with E-state index in [1.54, 1.807) is 6.20 Å². The van der Waals surface area contributed by atoms with Crippen molar-refractivity contribution < 1.29 is 4.79 Å². The Morgan fingerprint density at radius 1 is 1.30 bits per heavy atom. The molecule has 3 unspecified atom stereocenters. The molecule has 2 aromatic heterocycles. The van der Waals surface area contributed by atoms with Crippen molar-refractivity contribution in [1.82, 2.24) is 30.3 Å². The Bertz CT molecular complexity index is 774. The number of carbonyl (C=O) groups is 1. The van der Waals surface area contributed by atoms with E-state index in [2.05, 4.69) is 51.7 Å². The van der Waals surface area contributed by atoms with Crippen LogP contribution in [0.15, 0.2) is 36.9 Å². The van der Waals surface area contributed by atoms with E-state index >= 15 is 0 Å². The van der Waals surface area contributed by atoms with E-state index in [9.17, 15) is 4.79 Å². The lowest BCUT2D eigenvalue weighted by atomic mass is 9.88. The summed E-state index contributed by atoms with van der Waals surface area (Å²) in [5.74, 6) is 1.79. The monoisotopic (exact) mass is 368 g/mol. The first kappa shape index (κ1) is 18.1. The number of hydrogen-bond acceptors (Lipinski definition) is 5. The zero-order chi connectivity index (χ0) is 18.8. The Morgan fingerprint density at radius 2 is 2.11 bits per heavy atom. The summed E-state index contributed by atoms with van der Waals surface area (Å²) in [6, 6.07) is 4.57. The van der Waals surface area contributed by atoms with Gasteiger partial charge in [-0.05, 0) is 30.5 Å². The number of aromatic nitrogens is 3. The molecule has 2 N–H and O–H groups in total. The number of likely N-dealkylation sites (tertiary alicyclic amines) is 1. The van der Waals surface area contributed by atoms with Gasteiger partial charge in [0.05, 0.1) is 0 Å². The van der Waals surface area contributed by atoms with E-state index < -0.39 is 0 Å². The van der Waals surface area contributed by atoms with Crippen molar-refractivity contribution in [2.75, 3.05) is 13.1 Å². The topological polar surface area (TPSA) is 75.1 Å². The van der Waals surface area contributed by atoms with Gasteiger partial charge in [0.25, 0.3) is 0 Å². The van der Waals surface area contributed by atoms with Crippen molar-refractivity contribution in [1.29, 1.82) is 0 Å². The lowest BCUT2D eigenvalue weighted by Gasteiger charge is -2.32. The molecule has 3 atom stereocenters. The van der Waals surface area contributed by atoms with E-state index in [0.717, 1.165) is 31.8 Å². The predicted molar refractivity (Wildman–Crippen MR) is 103 cm³/mol. The van der Waals surface area contributed by atoms with Gasteiger partial charge < -0.3 is 9.47 Å². The molecule has 4 heterocycles. The Hall–Kier alpha value is -2.25. The average Bonchev–Trinajstić information content (AvgIpc) is 3.41. The maximum atomic E-state index is 13.1. The Balaban J connectivity index is 1.50. The van der Waals surface area contributed by atoms with Crippen molar-refractivity contribution >= 4 is 5.91 Å². The number of rotatable bonds is 5. The first-order chi connectivity index (χ1) is 13.1. The highest BCUT2D eigenvalue weighted by Crippen LogP contribution is 2.31. The molecule has 0 bridgehead atoms. The fourth-order valence-electron chi connectivity index (χ4n) is 4.48. The molecule has 7 heteroatoms. The first-order valence-corrected chi connectivity index (χ1v) is 9.84. The third-order valence-corrected chi connectivity index (χ3v) is 5.76. The molecule has 2 saturated heterocycles. The third-order valence-electron chi connectivity index (χ3n) is 5.76. The maximum Gasteiger partial charge on any atom is 0.242 e. The van der Waals surface area contributed by atoms with E-state index in [1.165, 1.54) is 5.56 Å². The molecule has 0 aliphatic carbocycles. The van der Waals surface area contributed by atoms with Gasteiger partial charge in [-0.1, -0.05) is 13.8 Å². The molecule has 0 radical (unpaired) electrons. The smallest absolute Gasteiger partial charge is 0.242 e. The molecule has 4 rings (SSSR count). The lowest BCUT2D eigenvalue weighted by molar-refractivity contribution is -0.133. The standard InChI is InChI=1S/C20H28N6O/c1-14(2)20-22-9-11-25(20)13-18(27)26-10-3-4-17(26)19-16(12-23-24-19)15-5-7-21-8-6-15/h5-9,11,14,16-17,19,23-24H,3-4,10,12-13H2,1-2H3. The summed E-state index contributed by atoms with van der Waals surface area (Å²) < 4.78 is 1.99. The van der Waals surface area contributed by atoms with Crippen LogP contribution in [-0.2, 0) is 11.3 Å². The summed E-state index contributed by atoms with van der Waals surface area (Å²) in [7, 11) is 0. The largest absolute Gasteiger partial charge is 0.337 e. The summed E-state index contributed by atoms with van der Waals surface area (Å²) in [6.45, 7) is 6.28. The molecular formula is C20H28N6O. The average molecular weight is 368 g/mol. The van der Waals surface area contributed by atoms with Gasteiger partial charge >= 0.3 is 0 Å². The van der Waals surface area contributed by atoms with Gasteiger partial charge in [-0.25, -0.2) is 4.98 Å². The van der Waals surface area contributed by atoms with Crippen LogP contribution < -0.4 is 10.9 Å². The van der Waals surface area contributed by atoms with Crippen molar-refractivity contribution in [3.63, 3.8) is 0 Å².